The molecule has 6 nitrogen and oxygen atoms in total. The van der Waals surface area contributed by atoms with Gasteiger partial charge in [-0.3, -0.25) is 14.9 Å². The zero-order valence-corrected chi connectivity index (χ0v) is 15.5. The Morgan fingerprint density at radius 1 is 1.40 bits per heavy atom. The number of nitro benzene ring substituents is 1. The van der Waals surface area contributed by atoms with Crippen molar-refractivity contribution in [3.63, 3.8) is 0 Å². The second-order valence-corrected chi connectivity index (χ2v) is 8.80. The highest BCUT2D eigenvalue weighted by molar-refractivity contribution is 6.32. The third-order valence-corrected chi connectivity index (χ3v) is 5.51. The zero-order chi connectivity index (χ0) is 18.4. The zero-order valence-electron chi connectivity index (χ0n) is 14.8. The maximum absolute atomic E-state index is 12.7. The first kappa shape index (κ1) is 18.0. The molecule has 0 aromatic heterocycles. The number of hydrogen-bond donors (Lipinski definition) is 0. The number of nitrogens with zero attached hydrogens (tertiary/aromatic N) is 2. The van der Waals surface area contributed by atoms with Crippen molar-refractivity contribution in [2.24, 2.45) is 10.8 Å². The van der Waals surface area contributed by atoms with Gasteiger partial charge >= 0.3 is 0 Å². The van der Waals surface area contributed by atoms with Gasteiger partial charge in [-0.25, -0.2) is 0 Å². The highest BCUT2D eigenvalue weighted by atomic mass is 35.5. The minimum atomic E-state index is -0.520. The van der Waals surface area contributed by atoms with Crippen molar-refractivity contribution in [3.05, 3.63) is 33.3 Å². The van der Waals surface area contributed by atoms with Gasteiger partial charge in [-0.15, -0.1) is 0 Å². The molecule has 2 bridgehead atoms. The molecule has 0 radical (unpaired) electrons. The van der Waals surface area contributed by atoms with E-state index in [0.29, 0.717) is 0 Å². The quantitative estimate of drug-likeness (QED) is 0.595. The SMILES string of the molecule is CC1(C)C[C@@H]2C[C@@](C)(CN2C(=O)COc2ccc([N+](=O)[O-])cc2Cl)C1. The van der Waals surface area contributed by atoms with Crippen molar-refractivity contribution in [1.82, 2.24) is 4.90 Å². The Balaban J connectivity index is 1.65. The molecule has 2 fully saturated rings. The van der Waals surface area contributed by atoms with Crippen LogP contribution >= 0.6 is 11.6 Å². The van der Waals surface area contributed by atoms with Crippen molar-refractivity contribution >= 4 is 23.2 Å². The average Bonchev–Trinajstić information content (AvgIpc) is 2.74. The first-order valence-electron chi connectivity index (χ1n) is 8.45. The summed E-state index contributed by atoms with van der Waals surface area (Å²) in [4.78, 5) is 24.8. The number of benzene rings is 1. The van der Waals surface area contributed by atoms with E-state index in [0.717, 1.165) is 25.8 Å². The van der Waals surface area contributed by atoms with Crippen LogP contribution in [0, 0.1) is 20.9 Å². The lowest BCUT2D eigenvalue weighted by molar-refractivity contribution is -0.384. The third-order valence-electron chi connectivity index (χ3n) is 5.21. The maximum atomic E-state index is 12.7. The average molecular weight is 367 g/mol. The fraction of sp³-hybridized carbons (Fsp3) is 0.611. The Morgan fingerprint density at radius 3 is 2.76 bits per heavy atom. The standard InChI is InChI=1S/C18H23ClN2O4/c1-17(2)7-13-8-18(3,10-17)11-20(13)16(22)9-25-15-5-4-12(21(23)24)6-14(15)19/h4-6,13H,7-11H2,1-3H3/t13-,18-/m1/s1. The van der Waals surface area contributed by atoms with Gasteiger partial charge in [0.15, 0.2) is 6.61 Å². The van der Waals surface area contributed by atoms with Gasteiger partial charge in [-0.05, 0) is 36.2 Å². The van der Waals surface area contributed by atoms with Crippen LogP contribution in [0.15, 0.2) is 18.2 Å². The van der Waals surface area contributed by atoms with Gasteiger partial charge in [0, 0.05) is 24.7 Å². The minimum absolute atomic E-state index is 0.0548. The molecule has 1 aromatic rings. The highest BCUT2D eigenvalue weighted by Crippen LogP contribution is 2.52. The number of halogens is 1. The molecule has 7 heteroatoms. The van der Waals surface area contributed by atoms with E-state index in [2.05, 4.69) is 20.8 Å². The molecular weight excluding hydrogens is 344 g/mol. The normalized spacial score (nSPS) is 27.2. The van der Waals surface area contributed by atoms with Crippen LogP contribution in [0.5, 0.6) is 5.75 Å². The second kappa shape index (κ2) is 6.16. The molecule has 0 N–H and O–H groups in total. The van der Waals surface area contributed by atoms with E-state index >= 15 is 0 Å². The number of ether oxygens (including phenoxy) is 1. The smallest absolute Gasteiger partial charge is 0.271 e. The Hall–Kier alpha value is -1.82. The molecule has 3 rings (SSSR count). The van der Waals surface area contributed by atoms with Crippen molar-refractivity contribution in [2.45, 2.75) is 46.1 Å². The van der Waals surface area contributed by atoms with E-state index in [1.807, 2.05) is 4.90 Å². The van der Waals surface area contributed by atoms with Crippen molar-refractivity contribution < 1.29 is 14.5 Å². The Kier molecular flexibility index (Phi) is 4.43. The largest absolute Gasteiger partial charge is 0.482 e. The van der Waals surface area contributed by atoms with Gasteiger partial charge in [0.05, 0.1) is 9.95 Å². The molecule has 2 atom stereocenters. The molecule has 2 aliphatic rings. The number of amides is 1. The molecule has 1 amide bonds. The lowest BCUT2D eigenvalue weighted by atomic mass is 9.65. The number of likely N-dealkylation sites (tertiary alicyclic amines) is 1. The fourth-order valence-corrected chi connectivity index (χ4v) is 4.92. The van der Waals surface area contributed by atoms with Crippen LogP contribution < -0.4 is 4.74 Å². The van der Waals surface area contributed by atoms with Crippen LogP contribution in [0.1, 0.15) is 40.0 Å². The van der Waals surface area contributed by atoms with Crippen LogP contribution in [-0.2, 0) is 4.79 Å². The second-order valence-electron chi connectivity index (χ2n) is 8.40. The van der Waals surface area contributed by atoms with Gasteiger partial charge in [-0.2, -0.15) is 0 Å². The van der Waals surface area contributed by atoms with Gasteiger partial charge in [0.1, 0.15) is 5.75 Å². The van der Waals surface area contributed by atoms with Crippen LogP contribution in [0.2, 0.25) is 5.02 Å². The lowest BCUT2D eigenvalue weighted by Gasteiger charge is -2.39. The van der Waals surface area contributed by atoms with E-state index in [4.69, 9.17) is 16.3 Å². The molecule has 1 aliphatic heterocycles. The third kappa shape index (κ3) is 3.73. The van der Waals surface area contributed by atoms with Gasteiger partial charge in [0.25, 0.3) is 11.6 Å². The summed E-state index contributed by atoms with van der Waals surface area (Å²) < 4.78 is 5.53. The summed E-state index contributed by atoms with van der Waals surface area (Å²) in [5, 5.41) is 10.9. The van der Waals surface area contributed by atoms with Crippen molar-refractivity contribution in [3.8, 4) is 5.75 Å². The highest BCUT2D eigenvalue weighted by Gasteiger charge is 2.50. The molecule has 1 aromatic carbocycles. The molecule has 0 spiro atoms. The predicted octanol–water partition coefficient (Wildman–Crippen LogP) is 4.05. The van der Waals surface area contributed by atoms with E-state index in [1.165, 1.54) is 18.2 Å². The van der Waals surface area contributed by atoms with Crippen molar-refractivity contribution in [2.75, 3.05) is 13.2 Å². The molecule has 1 saturated heterocycles. The number of rotatable bonds is 4. The fourth-order valence-electron chi connectivity index (χ4n) is 4.69. The molecule has 136 valence electrons. The number of non-ortho nitro benzene ring substituents is 1. The van der Waals surface area contributed by atoms with E-state index in [-0.39, 0.29) is 45.8 Å². The van der Waals surface area contributed by atoms with Gasteiger partial charge in [-0.1, -0.05) is 32.4 Å². The first-order valence-corrected chi connectivity index (χ1v) is 8.83. The first-order chi connectivity index (χ1) is 11.6. The van der Waals surface area contributed by atoms with Crippen molar-refractivity contribution in [1.29, 1.82) is 0 Å². The Morgan fingerprint density at radius 2 is 2.12 bits per heavy atom. The Bertz CT molecular complexity index is 721. The Labute approximate surface area is 152 Å². The summed E-state index contributed by atoms with van der Waals surface area (Å²) in [5.74, 6) is 0.232. The minimum Gasteiger partial charge on any atom is -0.482 e. The molecule has 1 saturated carbocycles. The number of hydrogen-bond acceptors (Lipinski definition) is 4. The van der Waals surface area contributed by atoms with E-state index in [1.54, 1.807) is 0 Å². The molecular formula is C18H23ClN2O4. The monoisotopic (exact) mass is 366 g/mol. The lowest BCUT2D eigenvalue weighted by Crippen LogP contribution is -2.40. The summed E-state index contributed by atoms with van der Waals surface area (Å²) >= 11 is 6.01. The summed E-state index contributed by atoms with van der Waals surface area (Å²) in [5.41, 5.74) is 0.314. The summed E-state index contributed by atoms with van der Waals surface area (Å²) in [6.45, 7) is 7.43. The van der Waals surface area contributed by atoms with Gasteiger partial charge in [0.2, 0.25) is 0 Å². The molecule has 1 aliphatic carbocycles. The summed E-state index contributed by atoms with van der Waals surface area (Å²) in [6, 6.07) is 4.24. The molecule has 0 unspecified atom stereocenters. The van der Waals surface area contributed by atoms with Crippen LogP contribution in [-0.4, -0.2) is 34.9 Å². The van der Waals surface area contributed by atoms with E-state index < -0.39 is 4.92 Å². The summed E-state index contributed by atoms with van der Waals surface area (Å²) in [6.07, 6.45) is 3.17. The van der Waals surface area contributed by atoms with Crippen LogP contribution in [0.3, 0.4) is 0 Å². The molecule has 25 heavy (non-hydrogen) atoms. The number of carbonyl (C=O) groups is 1. The molecule has 1 heterocycles. The topological polar surface area (TPSA) is 72.7 Å². The van der Waals surface area contributed by atoms with Gasteiger partial charge < -0.3 is 9.64 Å². The summed E-state index contributed by atoms with van der Waals surface area (Å²) in [7, 11) is 0. The number of fused-ring (bicyclic) bond motifs is 2. The predicted molar refractivity (Wildman–Crippen MR) is 94.8 cm³/mol. The number of nitro groups is 1. The van der Waals surface area contributed by atoms with Crippen LogP contribution in [0.4, 0.5) is 5.69 Å². The van der Waals surface area contributed by atoms with E-state index in [9.17, 15) is 14.9 Å². The maximum Gasteiger partial charge on any atom is 0.271 e. The van der Waals surface area contributed by atoms with Crippen LogP contribution in [0.25, 0.3) is 0 Å². The number of carbonyl (C=O) groups excluding carboxylic acids is 1.